The van der Waals surface area contributed by atoms with Gasteiger partial charge in [0.1, 0.15) is 0 Å². The van der Waals surface area contributed by atoms with E-state index in [0.717, 1.165) is 25.7 Å². The summed E-state index contributed by atoms with van der Waals surface area (Å²) in [6.45, 7) is 13.1. The Hall–Kier alpha value is -0.570. The van der Waals surface area contributed by atoms with Crippen LogP contribution in [-0.4, -0.2) is 18.0 Å². The third kappa shape index (κ3) is 3.55. The van der Waals surface area contributed by atoms with Gasteiger partial charge in [-0.3, -0.25) is 4.79 Å². The van der Waals surface area contributed by atoms with Crippen LogP contribution in [0.15, 0.2) is 0 Å². The van der Waals surface area contributed by atoms with Crippen molar-refractivity contribution in [2.45, 2.75) is 79.3 Å². The van der Waals surface area contributed by atoms with E-state index in [1.165, 1.54) is 0 Å². The summed E-state index contributed by atoms with van der Waals surface area (Å²) < 4.78 is 0. The number of carbonyl (C=O) groups is 1. The normalized spacial score (nSPS) is 31.1. The summed E-state index contributed by atoms with van der Waals surface area (Å²) in [7, 11) is 0. The maximum absolute atomic E-state index is 12.7. The van der Waals surface area contributed by atoms with Crippen LogP contribution in [0.5, 0.6) is 0 Å². The quantitative estimate of drug-likeness (QED) is 0.812. The zero-order valence-corrected chi connectivity index (χ0v) is 14.2. The van der Waals surface area contributed by atoms with Crippen LogP contribution >= 0.6 is 0 Å². The molecule has 1 amide bonds. The molecule has 4 unspecified atom stereocenters. The van der Waals surface area contributed by atoms with E-state index in [4.69, 9.17) is 5.73 Å². The molecule has 3 nitrogen and oxygen atoms in total. The first-order valence-corrected chi connectivity index (χ1v) is 8.31. The van der Waals surface area contributed by atoms with Crippen molar-refractivity contribution >= 4 is 5.91 Å². The number of hydrogen-bond donors (Lipinski definition) is 2. The number of carbonyl (C=O) groups excluding carboxylic acids is 1. The summed E-state index contributed by atoms with van der Waals surface area (Å²) in [5.74, 6) is 1.28. The molecule has 1 aliphatic rings. The molecule has 1 fully saturated rings. The van der Waals surface area contributed by atoms with E-state index in [0.29, 0.717) is 11.8 Å². The van der Waals surface area contributed by atoms with Crippen LogP contribution in [0, 0.1) is 23.2 Å². The van der Waals surface area contributed by atoms with Crippen molar-refractivity contribution in [3.05, 3.63) is 0 Å². The molecule has 0 aliphatic heterocycles. The van der Waals surface area contributed by atoms with E-state index in [-0.39, 0.29) is 29.3 Å². The lowest BCUT2D eigenvalue weighted by molar-refractivity contribution is -0.133. The van der Waals surface area contributed by atoms with Gasteiger partial charge in [-0.15, -0.1) is 0 Å². The van der Waals surface area contributed by atoms with Crippen molar-refractivity contribution in [2.75, 3.05) is 0 Å². The third-order valence-electron chi connectivity index (χ3n) is 5.94. The molecule has 118 valence electrons. The lowest BCUT2D eigenvalue weighted by Crippen LogP contribution is -2.53. The smallest absolute Gasteiger partial charge is 0.223 e. The molecule has 3 N–H and O–H groups in total. The van der Waals surface area contributed by atoms with Crippen LogP contribution in [0.1, 0.15) is 67.2 Å². The Bertz CT molecular complexity index is 323. The first-order valence-electron chi connectivity index (χ1n) is 8.31. The van der Waals surface area contributed by atoms with E-state index in [9.17, 15) is 4.79 Å². The minimum Gasteiger partial charge on any atom is -0.353 e. The fourth-order valence-electron chi connectivity index (χ4n) is 3.76. The fourth-order valence-corrected chi connectivity index (χ4v) is 3.76. The van der Waals surface area contributed by atoms with E-state index in [1.807, 2.05) is 0 Å². The van der Waals surface area contributed by atoms with E-state index >= 15 is 0 Å². The average Bonchev–Trinajstić information content (AvgIpc) is 2.37. The molecule has 0 spiro atoms. The molecule has 1 saturated carbocycles. The van der Waals surface area contributed by atoms with Gasteiger partial charge in [0.05, 0.1) is 0 Å². The van der Waals surface area contributed by atoms with Crippen molar-refractivity contribution < 1.29 is 4.79 Å². The third-order valence-corrected chi connectivity index (χ3v) is 5.94. The van der Waals surface area contributed by atoms with E-state index < -0.39 is 0 Å². The summed E-state index contributed by atoms with van der Waals surface area (Å²) in [5.41, 5.74) is 6.16. The summed E-state index contributed by atoms with van der Waals surface area (Å²) in [6.07, 6.45) is 4.11. The first kappa shape index (κ1) is 17.5. The van der Waals surface area contributed by atoms with Crippen LogP contribution in [0.25, 0.3) is 0 Å². The molecule has 20 heavy (non-hydrogen) atoms. The SMILES string of the molecule is CCC(CC)C(C)NC(=O)C1CCC(N)C(C)C1(C)C. The highest BCUT2D eigenvalue weighted by Gasteiger charge is 2.45. The highest BCUT2D eigenvalue weighted by Crippen LogP contribution is 2.44. The lowest BCUT2D eigenvalue weighted by atomic mass is 9.61. The van der Waals surface area contributed by atoms with Crippen LogP contribution in [-0.2, 0) is 4.79 Å². The second-order valence-corrected chi connectivity index (χ2v) is 7.28. The largest absolute Gasteiger partial charge is 0.353 e. The summed E-state index contributed by atoms with van der Waals surface area (Å²) >= 11 is 0. The van der Waals surface area contributed by atoms with Gasteiger partial charge in [-0.05, 0) is 37.0 Å². The molecule has 0 radical (unpaired) electrons. The lowest BCUT2D eigenvalue weighted by Gasteiger charge is -2.46. The van der Waals surface area contributed by atoms with Crippen LogP contribution < -0.4 is 11.1 Å². The van der Waals surface area contributed by atoms with Gasteiger partial charge in [-0.25, -0.2) is 0 Å². The van der Waals surface area contributed by atoms with Gasteiger partial charge in [0.25, 0.3) is 0 Å². The monoisotopic (exact) mass is 282 g/mol. The minimum atomic E-state index is -0.0185. The second-order valence-electron chi connectivity index (χ2n) is 7.28. The molecule has 0 bridgehead atoms. The number of amides is 1. The van der Waals surface area contributed by atoms with Gasteiger partial charge >= 0.3 is 0 Å². The number of nitrogens with one attached hydrogen (secondary N) is 1. The maximum atomic E-state index is 12.7. The van der Waals surface area contributed by atoms with Crippen LogP contribution in [0.3, 0.4) is 0 Å². The molecule has 1 rings (SSSR count). The van der Waals surface area contributed by atoms with Crippen molar-refractivity contribution in [3.63, 3.8) is 0 Å². The Morgan fingerprint density at radius 2 is 1.85 bits per heavy atom. The molecular formula is C17H34N2O. The van der Waals surface area contributed by atoms with Crippen molar-refractivity contribution in [3.8, 4) is 0 Å². The Morgan fingerprint density at radius 1 is 1.30 bits per heavy atom. The van der Waals surface area contributed by atoms with Gasteiger partial charge in [0.2, 0.25) is 5.91 Å². The molecule has 3 heteroatoms. The fraction of sp³-hybridized carbons (Fsp3) is 0.941. The first-order chi connectivity index (χ1) is 9.25. The van der Waals surface area contributed by atoms with Crippen LogP contribution in [0.4, 0.5) is 0 Å². The Balaban J connectivity index is 2.72. The maximum Gasteiger partial charge on any atom is 0.223 e. The molecule has 1 aliphatic carbocycles. The topological polar surface area (TPSA) is 55.1 Å². The minimum absolute atomic E-state index is 0.0185. The molecule has 0 aromatic heterocycles. The van der Waals surface area contributed by atoms with E-state index in [1.54, 1.807) is 0 Å². The predicted octanol–water partition coefficient (Wildman–Crippen LogP) is 3.33. The number of rotatable bonds is 5. The summed E-state index contributed by atoms with van der Waals surface area (Å²) in [5, 5.41) is 3.26. The van der Waals surface area contributed by atoms with Gasteiger partial charge in [-0.2, -0.15) is 0 Å². The zero-order chi connectivity index (χ0) is 15.5. The summed E-state index contributed by atoms with van der Waals surface area (Å²) in [6, 6.07) is 0.490. The molecule has 0 aromatic rings. The Morgan fingerprint density at radius 3 is 2.35 bits per heavy atom. The highest BCUT2D eigenvalue weighted by molar-refractivity contribution is 5.80. The Kier molecular flexibility index (Phi) is 6.06. The van der Waals surface area contributed by atoms with Crippen molar-refractivity contribution in [1.82, 2.24) is 5.32 Å². The molecule has 0 heterocycles. The number of nitrogens with two attached hydrogens (primary N) is 1. The Labute approximate surface area is 125 Å². The van der Waals surface area contributed by atoms with Gasteiger partial charge in [0.15, 0.2) is 0 Å². The second kappa shape index (κ2) is 6.93. The van der Waals surface area contributed by atoms with Gasteiger partial charge in [0, 0.05) is 18.0 Å². The van der Waals surface area contributed by atoms with Crippen molar-refractivity contribution in [1.29, 1.82) is 0 Å². The van der Waals surface area contributed by atoms with E-state index in [2.05, 4.69) is 46.9 Å². The highest BCUT2D eigenvalue weighted by atomic mass is 16.2. The van der Waals surface area contributed by atoms with Gasteiger partial charge < -0.3 is 11.1 Å². The van der Waals surface area contributed by atoms with Gasteiger partial charge in [-0.1, -0.05) is 47.5 Å². The average molecular weight is 282 g/mol. The van der Waals surface area contributed by atoms with Crippen molar-refractivity contribution in [2.24, 2.45) is 28.9 Å². The predicted molar refractivity (Wildman–Crippen MR) is 85.3 cm³/mol. The molecular weight excluding hydrogens is 248 g/mol. The summed E-state index contributed by atoms with van der Waals surface area (Å²) in [4.78, 5) is 12.7. The molecule has 0 aromatic carbocycles. The van der Waals surface area contributed by atoms with Crippen LogP contribution in [0.2, 0.25) is 0 Å². The zero-order valence-electron chi connectivity index (χ0n) is 14.2. The number of hydrogen-bond acceptors (Lipinski definition) is 2. The standard InChI is InChI=1S/C17H34N2O/c1-7-13(8-2)12(4)19-16(20)14-9-10-15(18)11(3)17(14,5)6/h11-15H,7-10,18H2,1-6H3,(H,19,20). The molecule has 0 saturated heterocycles. The molecule has 4 atom stereocenters.